The second-order valence-electron chi connectivity index (χ2n) is 11.0. The smallest absolute Gasteiger partial charge is 0.337 e. The molecule has 288 valence electrons. The molecule has 1 amide bonds. The molecular weight excluding hydrogens is 726 g/mol. The predicted molar refractivity (Wildman–Crippen MR) is 193 cm³/mol. The number of primary amides is 1. The number of aromatic nitrogens is 6. The average Bonchev–Trinajstić information content (AvgIpc) is 3.92. The normalized spacial score (nSPS) is 11.3. The van der Waals surface area contributed by atoms with Gasteiger partial charge in [-0.1, -0.05) is 13.0 Å². The van der Waals surface area contributed by atoms with Crippen LogP contribution in [0.25, 0.3) is 5.82 Å². The van der Waals surface area contributed by atoms with E-state index in [9.17, 15) is 33.4 Å². The second-order valence-corrected chi connectivity index (χ2v) is 11.0. The van der Waals surface area contributed by atoms with Crippen molar-refractivity contribution in [2.45, 2.75) is 13.3 Å². The highest BCUT2D eigenvalue weighted by Gasteiger charge is 2.18. The standard InChI is InChI=1S/C26H27F2N5O6.C8H6N4O.CH3NO/c1-15(13-39-23-11-21(30-2)18(26(36)37)10-20(23)28)12-38-22-8-16(17(25(34)35)9-19(22)27)4-3-5-24(32-29)33-7-6-31-14-33;13-5-7-1-2-8(11-10-7)12-4-3-9-6-12;2-1-3/h3,5-11,14-15,30H,4,12-13,29H2,1-2H3,(H,34,35)(H,36,37);1-6H;1H,(H2,2,3)/b5-3-,32-24+;;. The number of carbonyl (C=O) groups is 4. The highest BCUT2D eigenvalue weighted by atomic mass is 19.1. The lowest BCUT2D eigenvalue weighted by Crippen LogP contribution is -2.18. The number of nitrogens with zero attached hydrogens (tertiary/aromatic N) is 7. The van der Waals surface area contributed by atoms with Crippen molar-refractivity contribution in [3.63, 3.8) is 0 Å². The van der Waals surface area contributed by atoms with Gasteiger partial charge >= 0.3 is 11.9 Å². The van der Waals surface area contributed by atoms with Crippen LogP contribution in [0.4, 0.5) is 14.5 Å². The second kappa shape index (κ2) is 21.1. The number of benzene rings is 2. The van der Waals surface area contributed by atoms with Gasteiger partial charge < -0.3 is 36.6 Å². The molecule has 0 spiro atoms. The maximum Gasteiger partial charge on any atom is 0.337 e. The number of rotatable bonds is 14. The Bertz CT molecular complexity index is 2090. The minimum Gasteiger partial charge on any atom is -0.490 e. The number of imidazole rings is 2. The van der Waals surface area contributed by atoms with Crippen LogP contribution in [0.1, 0.15) is 43.7 Å². The van der Waals surface area contributed by atoms with Gasteiger partial charge in [-0.25, -0.2) is 28.3 Å². The Balaban J connectivity index is 0.000000418. The zero-order valence-corrected chi connectivity index (χ0v) is 29.3. The molecule has 2 aromatic carbocycles. The number of carboxylic acid groups (broad SMARTS) is 2. The van der Waals surface area contributed by atoms with Crippen molar-refractivity contribution in [3.05, 3.63) is 120 Å². The lowest BCUT2D eigenvalue weighted by atomic mass is 10.0. The van der Waals surface area contributed by atoms with E-state index in [4.69, 9.17) is 20.1 Å². The summed E-state index contributed by atoms with van der Waals surface area (Å²) in [6, 6.07) is 7.60. The fourth-order valence-corrected chi connectivity index (χ4v) is 4.45. The van der Waals surface area contributed by atoms with E-state index in [2.05, 4.69) is 36.3 Å². The van der Waals surface area contributed by atoms with Gasteiger partial charge in [-0.3, -0.25) is 18.7 Å². The van der Waals surface area contributed by atoms with Gasteiger partial charge in [-0.05, 0) is 48.4 Å². The first kappa shape index (κ1) is 41.9. The van der Waals surface area contributed by atoms with Crippen molar-refractivity contribution in [3.8, 4) is 17.3 Å². The number of amides is 1. The molecule has 0 saturated heterocycles. The van der Waals surface area contributed by atoms with E-state index in [1.165, 1.54) is 25.5 Å². The fraction of sp³-hybridized carbons (Fsp3) is 0.171. The minimum atomic E-state index is -1.30. The average molecular weight is 763 g/mol. The highest BCUT2D eigenvalue weighted by molar-refractivity contribution is 5.95. The van der Waals surface area contributed by atoms with E-state index >= 15 is 0 Å². The largest absolute Gasteiger partial charge is 0.490 e. The predicted octanol–water partition coefficient (Wildman–Crippen LogP) is 3.19. The minimum absolute atomic E-state index is 0.0215. The van der Waals surface area contributed by atoms with Gasteiger partial charge in [0.1, 0.15) is 18.3 Å². The number of carbonyl (C=O) groups excluding carboxylic acids is 2. The van der Waals surface area contributed by atoms with E-state index in [1.54, 1.807) is 71.5 Å². The summed E-state index contributed by atoms with van der Waals surface area (Å²) >= 11 is 0. The van der Waals surface area contributed by atoms with Crippen molar-refractivity contribution >= 4 is 36.2 Å². The Morgan fingerprint density at radius 2 is 1.56 bits per heavy atom. The SMILES string of the molecule is CNc1cc(OCC(C)COc2cc(C/C=C\C(=N/N)n3ccnc3)c(C(=O)O)cc2F)c(F)cc1C(=O)O.NC=O.O=Cc1ccc(-n2ccnc2)nn1. The van der Waals surface area contributed by atoms with E-state index in [1.807, 2.05) is 0 Å². The van der Waals surface area contributed by atoms with Crippen LogP contribution in [0.3, 0.4) is 0 Å². The third-order valence-electron chi connectivity index (χ3n) is 7.07. The van der Waals surface area contributed by atoms with E-state index in [0.717, 1.165) is 12.1 Å². The van der Waals surface area contributed by atoms with Crippen LogP contribution >= 0.6 is 0 Å². The summed E-state index contributed by atoms with van der Waals surface area (Å²) in [6.07, 6.45) is 13.9. The summed E-state index contributed by atoms with van der Waals surface area (Å²) in [5, 5.41) is 32.5. The number of ether oxygens (including phenoxy) is 2. The number of nitrogens with two attached hydrogens (primary N) is 2. The summed E-state index contributed by atoms with van der Waals surface area (Å²) in [6.45, 7) is 1.67. The van der Waals surface area contributed by atoms with E-state index in [0.29, 0.717) is 29.2 Å². The molecule has 7 N–H and O–H groups in total. The molecular formula is C35H36F2N10O8. The number of aldehydes is 1. The zero-order chi connectivity index (χ0) is 40.3. The number of halogens is 2. The quantitative estimate of drug-likeness (QED) is 0.0358. The first-order valence-corrected chi connectivity index (χ1v) is 15.9. The van der Waals surface area contributed by atoms with Gasteiger partial charge in [0.15, 0.2) is 41.1 Å². The summed E-state index contributed by atoms with van der Waals surface area (Å²) in [7, 11) is 1.50. The van der Waals surface area contributed by atoms with Crippen molar-refractivity contribution < 1.29 is 47.6 Å². The van der Waals surface area contributed by atoms with Crippen LogP contribution in [-0.2, 0) is 11.2 Å². The molecule has 0 fully saturated rings. The number of aromatic carboxylic acids is 2. The van der Waals surface area contributed by atoms with Crippen LogP contribution in [-0.4, -0.2) is 90.2 Å². The Morgan fingerprint density at radius 1 is 0.945 bits per heavy atom. The number of hydrogen-bond donors (Lipinski definition) is 5. The van der Waals surface area contributed by atoms with Crippen LogP contribution < -0.4 is 26.4 Å². The molecule has 20 heteroatoms. The molecule has 0 aliphatic rings. The van der Waals surface area contributed by atoms with Gasteiger partial charge in [0.05, 0.1) is 30.0 Å². The number of nitrogens with one attached hydrogen (secondary N) is 1. The van der Waals surface area contributed by atoms with Gasteiger partial charge in [0.25, 0.3) is 0 Å². The number of carboxylic acids is 2. The topological polar surface area (TPSA) is 265 Å². The van der Waals surface area contributed by atoms with Crippen LogP contribution in [0.15, 0.2) is 91.1 Å². The fourth-order valence-electron chi connectivity index (χ4n) is 4.45. The molecule has 0 aliphatic heterocycles. The van der Waals surface area contributed by atoms with Crippen molar-refractivity contribution in [1.29, 1.82) is 0 Å². The molecule has 0 saturated carbocycles. The van der Waals surface area contributed by atoms with Crippen LogP contribution in [0, 0.1) is 17.6 Å². The lowest BCUT2D eigenvalue weighted by Gasteiger charge is -2.17. The third-order valence-corrected chi connectivity index (χ3v) is 7.07. The molecule has 5 aromatic rings. The molecule has 1 atom stereocenters. The number of hydrazone groups is 1. The van der Waals surface area contributed by atoms with Crippen LogP contribution in [0.2, 0.25) is 0 Å². The Kier molecular flexibility index (Phi) is 16.1. The third kappa shape index (κ3) is 12.3. The van der Waals surface area contributed by atoms with E-state index in [-0.39, 0.29) is 60.3 Å². The monoisotopic (exact) mass is 762 g/mol. The van der Waals surface area contributed by atoms with Gasteiger partial charge in [0, 0.05) is 43.8 Å². The Labute approximate surface area is 311 Å². The number of hydrogen-bond acceptors (Lipinski definition) is 13. The molecule has 0 bridgehead atoms. The Morgan fingerprint density at radius 3 is 2.07 bits per heavy atom. The summed E-state index contributed by atoms with van der Waals surface area (Å²) < 4.78 is 43.3. The summed E-state index contributed by atoms with van der Waals surface area (Å²) in [5.41, 5.74) is 4.50. The Hall–Kier alpha value is -7.51. The molecule has 0 aliphatic carbocycles. The lowest BCUT2D eigenvalue weighted by molar-refractivity contribution is -0.106. The van der Waals surface area contributed by atoms with Crippen molar-refractivity contribution in [2.24, 2.45) is 22.6 Å². The molecule has 5 rings (SSSR count). The van der Waals surface area contributed by atoms with Gasteiger partial charge in [0.2, 0.25) is 6.41 Å². The number of allylic oxidation sites excluding steroid dienone is 2. The molecule has 0 radical (unpaired) electrons. The first-order chi connectivity index (χ1) is 26.4. The highest BCUT2D eigenvalue weighted by Crippen LogP contribution is 2.28. The maximum atomic E-state index is 14.6. The van der Waals surface area contributed by atoms with Gasteiger partial charge in [-0.15, -0.1) is 10.2 Å². The summed E-state index contributed by atoms with van der Waals surface area (Å²) in [4.78, 5) is 49.6. The zero-order valence-electron chi connectivity index (χ0n) is 29.3. The van der Waals surface area contributed by atoms with Crippen molar-refractivity contribution in [1.82, 2.24) is 29.3 Å². The van der Waals surface area contributed by atoms with Crippen LogP contribution in [0.5, 0.6) is 11.5 Å². The maximum absolute atomic E-state index is 14.6. The summed E-state index contributed by atoms with van der Waals surface area (Å²) in [5.74, 6) is 1.45. The molecule has 55 heavy (non-hydrogen) atoms. The number of anilines is 1. The molecule has 3 heterocycles. The van der Waals surface area contributed by atoms with Crippen molar-refractivity contribution in [2.75, 3.05) is 25.6 Å². The molecule has 1 unspecified atom stereocenters. The first-order valence-electron chi connectivity index (χ1n) is 15.9. The molecule has 18 nitrogen and oxygen atoms in total. The molecule has 3 aromatic heterocycles. The van der Waals surface area contributed by atoms with E-state index < -0.39 is 23.6 Å². The van der Waals surface area contributed by atoms with Gasteiger partial charge in [-0.2, -0.15) is 5.10 Å².